The van der Waals surface area contributed by atoms with E-state index in [2.05, 4.69) is 41.5 Å². The SMILES string of the molecule is Cc1ccnc(Nc2ccc(CCN)cc2)c1. The largest absolute Gasteiger partial charge is 0.340 e. The summed E-state index contributed by atoms with van der Waals surface area (Å²) in [7, 11) is 0. The Labute approximate surface area is 102 Å². The smallest absolute Gasteiger partial charge is 0.130 e. The molecule has 0 atom stereocenters. The summed E-state index contributed by atoms with van der Waals surface area (Å²) in [6.45, 7) is 2.74. The van der Waals surface area contributed by atoms with Crippen molar-refractivity contribution < 1.29 is 0 Å². The van der Waals surface area contributed by atoms with Crippen LogP contribution >= 0.6 is 0 Å². The molecule has 0 fully saturated rings. The number of aromatic nitrogens is 1. The molecular weight excluding hydrogens is 210 g/mol. The van der Waals surface area contributed by atoms with Crippen molar-refractivity contribution in [3.05, 3.63) is 53.7 Å². The summed E-state index contributed by atoms with van der Waals surface area (Å²) in [5, 5.41) is 3.27. The van der Waals surface area contributed by atoms with Crippen LogP contribution in [0.25, 0.3) is 0 Å². The zero-order valence-electron chi connectivity index (χ0n) is 9.98. The fourth-order valence-corrected chi connectivity index (χ4v) is 1.67. The van der Waals surface area contributed by atoms with Gasteiger partial charge in [0, 0.05) is 11.9 Å². The van der Waals surface area contributed by atoms with Gasteiger partial charge in [0.15, 0.2) is 0 Å². The minimum atomic E-state index is 0.687. The Morgan fingerprint density at radius 1 is 1.18 bits per heavy atom. The first-order valence-corrected chi connectivity index (χ1v) is 5.76. The summed E-state index contributed by atoms with van der Waals surface area (Å²) in [6.07, 6.45) is 2.73. The summed E-state index contributed by atoms with van der Waals surface area (Å²) in [6, 6.07) is 12.3. The van der Waals surface area contributed by atoms with Crippen molar-refractivity contribution in [2.45, 2.75) is 13.3 Å². The zero-order chi connectivity index (χ0) is 12.1. The van der Waals surface area contributed by atoms with E-state index >= 15 is 0 Å². The molecule has 2 rings (SSSR count). The van der Waals surface area contributed by atoms with Gasteiger partial charge in [-0.3, -0.25) is 0 Å². The normalized spacial score (nSPS) is 10.2. The van der Waals surface area contributed by atoms with Crippen LogP contribution in [0.3, 0.4) is 0 Å². The number of hydrogen-bond donors (Lipinski definition) is 2. The number of hydrogen-bond acceptors (Lipinski definition) is 3. The monoisotopic (exact) mass is 227 g/mol. The zero-order valence-corrected chi connectivity index (χ0v) is 9.98. The van der Waals surface area contributed by atoms with Crippen LogP contribution in [0.4, 0.5) is 11.5 Å². The third-order valence-electron chi connectivity index (χ3n) is 2.57. The average Bonchev–Trinajstić information content (AvgIpc) is 2.32. The van der Waals surface area contributed by atoms with Crippen molar-refractivity contribution >= 4 is 11.5 Å². The summed E-state index contributed by atoms with van der Waals surface area (Å²) in [4.78, 5) is 4.26. The molecule has 0 radical (unpaired) electrons. The van der Waals surface area contributed by atoms with E-state index in [0.717, 1.165) is 17.9 Å². The highest BCUT2D eigenvalue weighted by Crippen LogP contribution is 2.15. The van der Waals surface area contributed by atoms with Crippen LogP contribution in [0.2, 0.25) is 0 Å². The van der Waals surface area contributed by atoms with E-state index in [1.807, 2.05) is 12.1 Å². The maximum Gasteiger partial charge on any atom is 0.130 e. The highest BCUT2D eigenvalue weighted by Gasteiger charge is 1.97. The molecule has 3 heteroatoms. The first-order valence-electron chi connectivity index (χ1n) is 5.76. The number of nitrogens with zero attached hydrogens (tertiary/aromatic N) is 1. The lowest BCUT2D eigenvalue weighted by molar-refractivity contribution is 0.969. The van der Waals surface area contributed by atoms with Gasteiger partial charge in [-0.15, -0.1) is 0 Å². The Kier molecular flexibility index (Phi) is 3.73. The van der Waals surface area contributed by atoms with Gasteiger partial charge in [0.05, 0.1) is 0 Å². The van der Waals surface area contributed by atoms with Gasteiger partial charge in [-0.1, -0.05) is 12.1 Å². The standard InChI is InChI=1S/C14H17N3/c1-11-7-9-16-14(10-11)17-13-4-2-12(3-5-13)6-8-15/h2-5,7,9-10H,6,8,15H2,1H3,(H,16,17). The lowest BCUT2D eigenvalue weighted by Gasteiger charge is -2.07. The maximum atomic E-state index is 5.51. The average molecular weight is 227 g/mol. The molecule has 2 aromatic rings. The minimum absolute atomic E-state index is 0.687. The van der Waals surface area contributed by atoms with Crippen molar-refractivity contribution in [3.8, 4) is 0 Å². The highest BCUT2D eigenvalue weighted by molar-refractivity contribution is 5.56. The molecule has 1 aromatic heterocycles. The molecule has 0 aliphatic carbocycles. The molecule has 3 nitrogen and oxygen atoms in total. The van der Waals surface area contributed by atoms with Crippen LogP contribution < -0.4 is 11.1 Å². The van der Waals surface area contributed by atoms with Crippen LogP contribution in [-0.2, 0) is 6.42 Å². The number of rotatable bonds is 4. The van der Waals surface area contributed by atoms with Gasteiger partial charge < -0.3 is 11.1 Å². The van der Waals surface area contributed by atoms with E-state index in [9.17, 15) is 0 Å². The molecule has 0 amide bonds. The second-order valence-corrected chi connectivity index (χ2v) is 4.08. The summed E-state index contributed by atoms with van der Waals surface area (Å²) < 4.78 is 0. The fraction of sp³-hybridized carbons (Fsp3) is 0.214. The molecule has 3 N–H and O–H groups in total. The number of nitrogens with one attached hydrogen (secondary N) is 1. The van der Waals surface area contributed by atoms with Crippen molar-refractivity contribution in [1.29, 1.82) is 0 Å². The topological polar surface area (TPSA) is 50.9 Å². The van der Waals surface area contributed by atoms with Gasteiger partial charge in [-0.05, 0) is 55.3 Å². The molecule has 0 saturated heterocycles. The van der Waals surface area contributed by atoms with Gasteiger partial charge in [0.25, 0.3) is 0 Å². The number of aryl methyl sites for hydroxylation is 1. The Hall–Kier alpha value is -1.87. The van der Waals surface area contributed by atoms with Gasteiger partial charge in [0.2, 0.25) is 0 Å². The molecule has 1 aromatic carbocycles. The third-order valence-corrected chi connectivity index (χ3v) is 2.57. The number of nitrogens with two attached hydrogens (primary N) is 1. The molecule has 88 valence electrons. The van der Waals surface area contributed by atoms with Crippen molar-refractivity contribution in [3.63, 3.8) is 0 Å². The Bertz CT molecular complexity index is 477. The van der Waals surface area contributed by atoms with E-state index in [0.29, 0.717) is 6.54 Å². The number of benzene rings is 1. The summed E-state index contributed by atoms with van der Waals surface area (Å²) >= 11 is 0. The van der Waals surface area contributed by atoms with Crippen LogP contribution in [0.15, 0.2) is 42.6 Å². The van der Waals surface area contributed by atoms with E-state index in [1.54, 1.807) is 6.20 Å². The third kappa shape index (κ3) is 3.29. The quantitative estimate of drug-likeness (QED) is 0.844. The predicted octanol–water partition coefficient (Wildman–Crippen LogP) is 2.63. The Balaban J connectivity index is 2.08. The molecule has 1 heterocycles. The molecular formula is C14H17N3. The Morgan fingerprint density at radius 2 is 1.94 bits per heavy atom. The lowest BCUT2D eigenvalue weighted by Crippen LogP contribution is -2.02. The van der Waals surface area contributed by atoms with Crippen LogP contribution in [-0.4, -0.2) is 11.5 Å². The Morgan fingerprint density at radius 3 is 2.59 bits per heavy atom. The predicted molar refractivity (Wildman–Crippen MR) is 71.5 cm³/mol. The number of pyridine rings is 1. The molecule has 0 aliphatic heterocycles. The van der Waals surface area contributed by atoms with E-state index in [1.165, 1.54) is 11.1 Å². The molecule has 0 aliphatic rings. The van der Waals surface area contributed by atoms with E-state index in [4.69, 9.17) is 5.73 Å². The maximum absolute atomic E-state index is 5.51. The van der Waals surface area contributed by atoms with Crippen LogP contribution in [0, 0.1) is 6.92 Å². The first-order chi connectivity index (χ1) is 8.28. The van der Waals surface area contributed by atoms with E-state index < -0.39 is 0 Å². The number of anilines is 2. The first kappa shape index (κ1) is 11.6. The summed E-state index contributed by atoms with van der Waals surface area (Å²) in [5.41, 5.74) is 9.01. The van der Waals surface area contributed by atoms with Crippen LogP contribution in [0.5, 0.6) is 0 Å². The summed E-state index contributed by atoms with van der Waals surface area (Å²) in [5.74, 6) is 0.872. The molecule has 0 spiro atoms. The molecule has 0 bridgehead atoms. The van der Waals surface area contributed by atoms with Crippen LogP contribution in [0.1, 0.15) is 11.1 Å². The van der Waals surface area contributed by atoms with Crippen molar-refractivity contribution in [2.24, 2.45) is 5.73 Å². The van der Waals surface area contributed by atoms with Gasteiger partial charge >= 0.3 is 0 Å². The minimum Gasteiger partial charge on any atom is -0.340 e. The van der Waals surface area contributed by atoms with E-state index in [-0.39, 0.29) is 0 Å². The van der Waals surface area contributed by atoms with Crippen molar-refractivity contribution in [2.75, 3.05) is 11.9 Å². The lowest BCUT2D eigenvalue weighted by atomic mass is 10.1. The van der Waals surface area contributed by atoms with Gasteiger partial charge in [0.1, 0.15) is 5.82 Å². The van der Waals surface area contributed by atoms with Gasteiger partial charge in [-0.2, -0.15) is 0 Å². The van der Waals surface area contributed by atoms with Gasteiger partial charge in [-0.25, -0.2) is 4.98 Å². The molecule has 0 saturated carbocycles. The fourth-order valence-electron chi connectivity index (χ4n) is 1.67. The molecule has 17 heavy (non-hydrogen) atoms. The second kappa shape index (κ2) is 5.46. The highest BCUT2D eigenvalue weighted by atomic mass is 15.0. The second-order valence-electron chi connectivity index (χ2n) is 4.08. The molecule has 0 unspecified atom stereocenters. The van der Waals surface area contributed by atoms with Crippen molar-refractivity contribution in [1.82, 2.24) is 4.98 Å².